The molecule has 0 fully saturated rings. The molecule has 54 valence electrons. The first-order valence-corrected chi connectivity index (χ1v) is 3.31. The van der Waals surface area contributed by atoms with Crippen LogP contribution in [-0.2, 0) is 0 Å². The number of hydrogen-bond acceptors (Lipinski definition) is 5. The molecule has 2 rings (SSSR count). The second-order valence-corrected chi connectivity index (χ2v) is 2.33. The average Bonchev–Trinajstić information content (AvgIpc) is 2.31. The highest BCUT2D eigenvalue weighted by Crippen LogP contribution is 1.99. The maximum absolute atomic E-state index is 4.81. The van der Waals surface area contributed by atoms with Crippen molar-refractivity contribution in [1.29, 1.82) is 0 Å². The number of rotatable bonds is 0. The molecule has 0 amide bonds. The van der Waals surface area contributed by atoms with Crippen molar-refractivity contribution in [2.75, 3.05) is 0 Å². The molecule has 0 radical (unpaired) electrons. The molecular weight excluding hydrogens is 162 g/mol. The van der Waals surface area contributed by atoms with Crippen molar-refractivity contribution < 1.29 is 0 Å². The molecule has 2 aromatic heterocycles. The molecule has 2 aromatic rings. The maximum atomic E-state index is 4.81. The van der Waals surface area contributed by atoms with Gasteiger partial charge < -0.3 is 4.98 Å². The molecular formula is C5H3N5S. The first-order chi connectivity index (χ1) is 5.36. The quantitative estimate of drug-likeness (QED) is 0.575. The maximum Gasteiger partial charge on any atom is 0.201 e. The minimum absolute atomic E-state index is 0.400. The fourth-order valence-electron chi connectivity index (χ4n) is 0.744. The summed E-state index contributed by atoms with van der Waals surface area (Å²) in [7, 11) is 0. The number of fused-ring (bicyclic) bond motifs is 1. The Balaban J connectivity index is 3.00. The standard InChI is InChI=1S/C5H3N5S/c11-4-1-3-5(7-2-6-3)9-10-8-4/h1-2H,(H,6,7,8,9,11). The zero-order chi connectivity index (χ0) is 7.68. The van der Waals surface area contributed by atoms with Crippen molar-refractivity contribution in [3.05, 3.63) is 17.0 Å². The van der Waals surface area contributed by atoms with Crippen LogP contribution in [-0.4, -0.2) is 25.4 Å². The molecule has 1 N–H and O–H groups in total. The third kappa shape index (κ3) is 1.07. The van der Waals surface area contributed by atoms with Crippen molar-refractivity contribution in [3.63, 3.8) is 0 Å². The molecule has 0 saturated carbocycles. The molecule has 0 aliphatic heterocycles. The minimum Gasteiger partial charge on any atom is -0.343 e. The Morgan fingerprint density at radius 3 is 3.18 bits per heavy atom. The number of imidazole rings is 1. The van der Waals surface area contributed by atoms with Gasteiger partial charge in [0.2, 0.25) is 5.65 Å². The fraction of sp³-hybridized carbons (Fsp3) is 0. The van der Waals surface area contributed by atoms with Gasteiger partial charge in [0, 0.05) is 6.07 Å². The Bertz CT molecular complexity index is 436. The van der Waals surface area contributed by atoms with Gasteiger partial charge in [0.1, 0.15) is 0 Å². The molecule has 11 heavy (non-hydrogen) atoms. The van der Waals surface area contributed by atoms with Crippen molar-refractivity contribution in [1.82, 2.24) is 25.4 Å². The van der Waals surface area contributed by atoms with Crippen molar-refractivity contribution in [3.8, 4) is 0 Å². The van der Waals surface area contributed by atoms with Crippen LogP contribution in [0.25, 0.3) is 11.2 Å². The van der Waals surface area contributed by atoms with Gasteiger partial charge >= 0.3 is 0 Å². The summed E-state index contributed by atoms with van der Waals surface area (Å²) in [6.07, 6.45) is 1.54. The summed E-state index contributed by atoms with van der Waals surface area (Å²) in [6.45, 7) is 0. The topological polar surface area (TPSA) is 67.3 Å². The molecule has 5 nitrogen and oxygen atoms in total. The van der Waals surface area contributed by atoms with Gasteiger partial charge in [-0.1, -0.05) is 12.2 Å². The predicted octanol–water partition coefficient (Wildman–Crippen LogP) is 0.477. The molecule has 0 atom stereocenters. The summed E-state index contributed by atoms with van der Waals surface area (Å²) >= 11 is 4.81. The highest BCUT2D eigenvalue weighted by molar-refractivity contribution is 7.71. The van der Waals surface area contributed by atoms with Crippen molar-refractivity contribution >= 4 is 23.4 Å². The molecule has 0 aliphatic rings. The van der Waals surface area contributed by atoms with Gasteiger partial charge in [-0.05, 0) is 5.21 Å². The SMILES string of the molecule is S=c1cc2[nH]cnc2nnn1. The third-order valence-corrected chi connectivity index (χ3v) is 1.40. The minimum atomic E-state index is 0.400. The van der Waals surface area contributed by atoms with Crippen LogP contribution >= 0.6 is 12.2 Å². The molecule has 0 unspecified atom stereocenters. The number of nitrogens with zero attached hydrogens (tertiary/aromatic N) is 4. The molecule has 0 bridgehead atoms. The van der Waals surface area contributed by atoms with E-state index in [1.807, 2.05) is 0 Å². The van der Waals surface area contributed by atoms with Gasteiger partial charge in [0.25, 0.3) is 0 Å². The molecule has 0 spiro atoms. The summed E-state index contributed by atoms with van der Waals surface area (Å²) in [5, 5.41) is 10.7. The van der Waals surface area contributed by atoms with E-state index in [4.69, 9.17) is 12.2 Å². The van der Waals surface area contributed by atoms with Crippen LogP contribution in [0.15, 0.2) is 12.4 Å². The van der Waals surface area contributed by atoms with Gasteiger partial charge in [-0.2, -0.15) is 0 Å². The smallest absolute Gasteiger partial charge is 0.201 e. The second-order valence-electron chi connectivity index (χ2n) is 1.91. The predicted molar refractivity (Wildman–Crippen MR) is 40.3 cm³/mol. The summed E-state index contributed by atoms with van der Waals surface area (Å²) in [5.41, 5.74) is 1.27. The molecule has 0 saturated heterocycles. The van der Waals surface area contributed by atoms with Crippen LogP contribution in [0, 0.1) is 4.64 Å². The van der Waals surface area contributed by atoms with E-state index in [0.29, 0.717) is 10.3 Å². The normalized spacial score (nSPS) is 10.2. The van der Waals surface area contributed by atoms with Crippen molar-refractivity contribution in [2.24, 2.45) is 0 Å². The monoisotopic (exact) mass is 165 g/mol. The van der Waals surface area contributed by atoms with Gasteiger partial charge in [0.05, 0.1) is 11.8 Å². The summed E-state index contributed by atoms with van der Waals surface area (Å²) in [5.74, 6) is 0. The fourth-order valence-corrected chi connectivity index (χ4v) is 0.898. The van der Waals surface area contributed by atoms with E-state index in [-0.39, 0.29) is 0 Å². The number of aromatic amines is 1. The highest BCUT2D eigenvalue weighted by Gasteiger charge is 1.93. The Morgan fingerprint density at radius 1 is 1.36 bits per heavy atom. The summed E-state index contributed by atoms with van der Waals surface area (Å²) < 4.78 is 0.400. The van der Waals surface area contributed by atoms with Gasteiger partial charge in [0.15, 0.2) is 4.64 Å². The van der Waals surface area contributed by atoms with Crippen LogP contribution < -0.4 is 0 Å². The Morgan fingerprint density at radius 2 is 2.27 bits per heavy atom. The lowest BCUT2D eigenvalue weighted by Gasteiger charge is -1.70. The van der Waals surface area contributed by atoms with Gasteiger partial charge in [-0.3, -0.25) is 0 Å². The third-order valence-electron chi connectivity index (χ3n) is 1.20. The average molecular weight is 165 g/mol. The first-order valence-electron chi connectivity index (χ1n) is 2.90. The van der Waals surface area contributed by atoms with Gasteiger partial charge in [-0.25, -0.2) is 4.98 Å². The van der Waals surface area contributed by atoms with E-state index in [1.165, 1.54) is 6.33 Å². The van der Waals surface area contributed by atoms with Crippen LogP contribution in [0.2, 0.25) is 0 Å². The largest absolute Gasteiger partial charge is 0.343 e. The summed E-state index contributed by atoms with van der Waals surface area (Å²) in [4.78, 5) is 6.74. The van der Waals surface area contributed by atoms with E-state index in [1.54, 1.807) is 6.07 Å². The van der Waals surface area contributed by atoms with E-state index in [2.05, 4.69) is 25.4 Å². The zero-order valence-corrected chi connectivity index (χ0v) is 6.17. The number of hydrogen-bond donors (Lipinski definition) is 1. The molecule has 2 heterocycles. The molecule has 0 aromatic carbocycles. The van der Waals surface area contributed by atoms with E-state index < -0.39 is 0 Å². The first kappa shape index (κ1) is 6.29. The van der Waals surface area contributed by atoms with Crippen LogP contribution in [0.4, 0.5) is 0 Å². The highest BCUT2D eigenvalue weighted by atomic mass is 32.1. The lowest BCUT2D eigenvalue weighted by molar-refractivity contribution is 0.894. The number of H-pyrrole nitrogens is 1. The Hall–Kier alpha value is -1.43. The van der Waals surface area contributed by atoms with Crippen LogP contribution in [0.5, 0.6) is 0 Å². The zero-order valence-electron chi connectivity index (χ0n) is 5.35. The Labute approximate surface area is 66.5 Å². The lowest BCUT2D eigenvalue weighted by atomic mass is 10.5. The Kier molecular flexibility index (Phi) is 1.32. The van der Waals surface area contributed by atoms with E-state index in [0.717, 1.165) is 5.52 Å². The van der Waals surface area contributed by atoms with Crippen LogP contribution in [0.3, 0.4) is 0 Å². The molecule has 6 heteroatoms. The summed E-state index contributed by atoms with van der Waals surface area (Å²) in [6, 6.07) is 1.66. The van der Waals surface area contributed by atoms with Crippen LogP contribution in [0.1, 0.15) is 0 Å². The number of aromatic nitrogens is 5. The van der Waals surface area contributed by atoms with Gasteiger partial charge in [-0.15, -0.1) is 10.2 Å². The second kappa shape index (κ2) is 2.31. The number of nitrogens with one attached hydrogen (secondary N) is 1. The van der Waals surface area contributed by atoms with Crippen molar-refractivity contribution in [2.45, 2.75) is 0 Å². The molecule has 0 aliphatic carbocycles. The van der Waals surface area contributed by atoms with E-state index >= 15 is 0 Å². The lowest BCUT2D eigenvalue weighted by Crippen LogP contribution is -1.76. The van der Waals surface area contributed by atoms with E-state index in [9.17, 15) is 0 Å².